The zero-order valence-electron chi connectivity index (χ0n) is 15.5. The van der Waals surface area contributed by atoms with Crippen LogP contribution in [-0.2, 0) is 9.59 Å². The summed E-state index contributed by atoms with van der Waals surface area (Å²) in [6, 6.07) is 14.8. The molecule has 3 rings (SSSR count). The van der Waals surface area contributed by atoms with Crippen LogP contribution in [0.2, 0.25) is 0 Å². The van der Waals surface area contributed by atoms with E-state index in [4.69, 9.17) is 9.47 Å². The van der Waals surface area contributed by atoms with Gasteiger partial charge in [0.1, 0.15) is 11.5 Å². The zero-order chi connectivity index (χ0) is 19.2. The summed E-state index contributed by atoms with van der Waals surface area (Å²) in [6.07, 6.45) is 6.38. The van der Waals surface area contributed by atoms with Crippen molar-refractivity contribution in [3.8, 4) is 11.5 Å². The molecule has 0 unspecified atom stereocenters. The summed E-state index contributed by atoms with van der Waals surface area (Å²) in [5.74, 6) is 1.04. The standard InChI is InChI=1S/C23H22O4/c1-16(24)27-22-12-8-18(9-13-22)15-20-5-3-4-19(23(20)25)14-17-6-10-21(26-2)11-7-17/h6-15H,3-5H2,1-2H3. The fourth-order valence-corrected chi connectivity index (χ4v) is 3.08. The predicted molar refractivity (Wildman–Crippen MR) is 106 cm³/mol. The molecule has 0 aromatic heterocycles. The van der Waals surface area contributed by atoms with Gasteiger partial charge in [0.15, 0.2) is 5.78 Å². The molecule has 2 aromatic carbocycles. The fourth-order valence-electron chi connectivity index (χ4n) is 3.08. The summed E-state index contributed by atoms with van der Waals surface area (Å²) in [6.45, 7) is 1.37. The minimum Gasteiger partial charge on any atom is -0.497 e. The van der Waals surface area contributed by atoms with Gasteiger partial charge in [0.2, 0.25) is 0 Å². The first-order valence-electron chi connectivity index (χ1n) is 8.93. The number of benzene rings is 2. The Kier molecular flexibility index (Phi) is 5.87. The van der Waals surface area contributed by atoms with Crippen LogP contribution in [0.25, 0.3) is 12.2 Å². The van der Waals surface area contributed by atoms with Gasteiger partial charge in [-0.05, 0) is 66.8 Å². The third-order valence-corrected chi connectivity index (χ3v) is 4.41. The average Bonchev–Trinajstić information content (AvgIpc) is 2.67. The van der Waals surface area contributed by atoms with E-state index in [1.165, 1.54) is 6.92 Å². The Morgan fingerprint density at radius 3 is 1.78 bits per heavy atom. The highest BCUT2D eigenvalue weighted by atomic mass is 16.5. The maximum atomic E-state index is 12.8. The minimum absolute atomic E-state index is 0.0983. The number of methoxy groups -OCH3 is 1. The van der Waals surface area contributed by atoms with Crippen molar-refractivity contribution in [1.82, 2.24) is 0 Å². The van der Waals surface area contributed by atoms with Crippen LogP contribution in [0.1, 0.15) is 37.3 Å². The van der Waals surface area contributed by atoms with E-state index >= 15 is 0 Å². The average molecular weight is 362 g/mol. The van der Waals surface area contributed by atoms with Gasteiger partial charge in [-0.1, -0.05) is 24.3 Å². The summed E-state index contributed by atoms with van der Waals surface area (Å²) in [7, 11) is 1.63. The lowest BCUT2D eigenvalue weighted by molar-refractivity contribution is -0.131. The molecule has 1 aliphatic rings. The van der Waals surface area contributed by atoms with Gasteiger partial charge >= 0.3 is 5.97 Å². The zero-order valence-corrected chi connectivity index (χ0v) is 15.5. The van der Waals surface area contributed by atoms with Crippen molar-refractivity contribution in [2.75, 3.05) is 7.11 Å². The van der Waals surface area contributed by atoms with Gasteiger partial charge in [0.05, 0.1) is 7.11 Å². The van der Waals surface area contributed by atoms with Gasteiger partial charge in [-0.25, -0.2) is 0 Å². The minimum atomic E-state index is -0.350. The first kappa shape index (κ1) is 18.6. The van der Waals surface area contributed by atoms with Crippen LogP contribution < -0.4 is 9.47 Å². The van der Waals surface area contributed by atoms with Crippen molar-refractivity contribution >= 4 is 23.9 Å². The van der Waals surface area contributed by atoms with Gasteiger partial charge < -0.3 is 9.47 Å². The molecule has 0 bridgehead atoms. The van der Waals surface area contributed by atoms with E-state index < -0.39 is 0 Å². The highest BCUT2D eigenvalue weighted by Gasteiger charge is 2.20. The van der Waals surface area contributed by atoms with Crippen molar-refractivity contribution in [2.24, 2.45) is 0 Å². The quantitative estimate of drug-likeness (QED) is 0.444. The van der Waals surface area contributed by atoms with Crippen molar-refractivity contribution in [3.63, 3.8) is 0 Å². The van der Waals surface area contributed by atoms with Crippen LogP contribution in [0.3, 0.4) is 0 Å². The monoisotopic (exact) mass is 362 g/mol. The molecule has 0 saturated heterocycles. The van der Waals surface area contributed by atoms with Crippen LogP contribution in [0.5, 0.6) is 11.5 Å². The summed E-state index contributed by atoms with van der Waals surface area (Å²) in [5.41, 5.74) is 3.54. The molecule has 1 saturated carbocycles. The summed E-state index contributed by atoms with van der Waals surface area (Å²) < 4.78 is 10.2. The molecule has 0 amide bonds. The molecule has 0 N–H and O–H groups in total. The second-order valence-corrected chi connectivity index (χ2v) is 6.46. The van der Waals surface area contributed by atoms with Crippen molar-refractivity contribution < 1.29 is 19.1 Å². The van der Waals surface area contributed by atoms with E-state index in [2.05, 4.69) is 0 Å². The molecular weight excluding hydrogens is 340 g/mol. The lowest BCUT2D eigenvalue weighted by atomic mass is 9.87. The Morgan fingerprint density at radius 2 is 1.33 bits per heavy atom. The highest BCUT2D eigenvalue weighted by Crippen LogP contribution is 2.28. The van der Waals surface area contributed by atoms with E-state index in [-0.39, 0.29) is 11.8 Å². The van der Waals surface area contributed by atoms with E-state index in [9.17, 15) is 9.59 Å². The number of Topliss-reactive ketones (excluding diaryl/α,β-unsaturated/α-hetero) is 1. The van der Waals surface area contributed by atoms with Crippen LogP contribution >= 0.6 is 0 Å². The fraction of sp³-hybridized carbons (Fsp3) is 0.217. The molecule has 0 heterocycles. The number of rotatable bonds is 4. The van der Waals surface area contributed by atoms with E-state index in [0.717, 1.165) is 47.3 Å². The van der Waals surface area contributed by atoms with Crippen molar-refractivity contribution in [3.05, 3.63) is 70.8 Å². The number of hydrogen-bond donors (Lipinski definition) is 0. The van der Waals surface area contributed by atoms with Crippen molar-refractivity contribution in [2.45, 2.75) is 26.2 Å². The molecule has 0 atom stereocenters. The molecule has 0 radical (unpaired) electrons. The number of esters is 1. The van der Waals surface area contributed by atoms with E-state index in [1.807, 2.05) is 48.6 Å². The van der Waals surface area contributed by atoms with Crippen LogP contribution in [0.15, 0.2) is 59.7 Å². The molecular formula is C23H22O4. The Bertz CT molecular complexity index is 887. The number of carbonyl (C=O) groups excluding carboxylic acids is 2. The van der Waals surface area contributed by atoms with Crippen LogP contribution in [0, 0.1) is 0 Å². The second-order valence-electron chi connectivity index (χ2n) is 6.46. The Morgan fingerprint density at radius 1 is 0.852 bits per heavy atom. The first-order chi connectivity index (χ1) is 13.0. The van der Waals surface area contributed by atoms with Gasteiger partial charge in [-0.15, -0.1) is 0 Å². The molecule has 4 nitrogen and oxygen atoms in total. The molecule has 138 valence electrons. The highest BCUT2D eigenvalue weighted by molar-refractivity contribution is 6.13. The maximum absolute atomic E-state index is 12.8. The van der Waals surface area contributed by atoms with Gasteiger partial charge in [0.25, 0.3) is 0 Å². The van der Waals surface area contributed by atoms with Crippen LogP contribution in [-0.4, -0.2) is 18.9 Å². The molecule has 0 spiro atoms. The summed E-state index contributed by atoms with van der Waals surface area (Å²) in [4.78, 5) is 23.8. The molecule has 27 heavy (non-hydrogen) atoms. The second kappa shape index (κ2) is 8.49. The van der Waals surface area contributed by atoms with Crippen molar-refractivity contribution in [1.29, 1.82) is 0 Å². The third-order valence-electron chi connectivity index (χ3n) is 4.41. The van der Waals surface area contributed by atoms with E-state index in [1.54, 1.807) is 19.2 Å². The van der Waals surface area contributed by atoms with Gasteiger partial charge in [-0.3, -0.25) is 9.59 Å². The number of ketones is 1. The summed E-state index contributed by atoms with van der Waals surface area (Å²) in [5, 5.41) is 0. The Hall–Kier alpha value is -3.14. The molecule has 0 aliphatic heterocycles. The number of allylic oxidation sites excluding steroid dienone is 2. The lowest BCUT2D eigenvalue weighted by Gasteiger charge is -2.16. The summed E-state index contributed by atoms with van der Waals surface area (Å²) >= 11 is 0. The smallest absolute Gasteiger partial charge is 0.308 e. The molecule has 1 aliphatic carbocycles. The van der Waals surface area contributed by atoms with E-state index in [0.29, 0.717) is 5.75 Å². The Labute approximate surface area is 159 Å². The van der Waals surface area contributed by atoms with Crippen LogP contribution in [0.4, 0.5) is 0 Å². The first-order valence-corrected chi connectivity index (χ1v) is 8.93. The third kappa shape index (κ3) is 4.94. The normalized spacial score (nSPS) is 17.2. The lowest BCUT2D eigenvalue weighted by Crippen LogP contribution is -2.12. The topological polar surface area (TPSA) is 52.6 Å². The largest absolute Gasteiger partial charge is 0.497 e. The maximum Gasteiger partial charge on any atom is 0.308 e. The number of hydrogen-bond acceptors (Lipinski definition) is 4. The Balaban J connectivity index is 1.78. The SMILES string of the molecule is COc1ccc(C=C2CCCC(=Cc3ccc(OC(C)=O)cc3)C2=O)cc1. The van der Waals surface area contributed by atoms with Gasteiger partial charge in [0, 0.05) is 18.1 Å². The number of carbonyl (C=O) groups is 2. The molecule has 1 fully saturated rings. The van der Waals surface area contributed by atoms with Gasteiger partial charge in [-0.2, -0.15) is 0 Å². The predicted octanol–water partition coefficient (Wildman–Crippen LogP) is 4.84. The number of ether oxygens (including phenoxy) is 2. The molecule has 4 heteroatoms. The molecule has 2 aromatic rings.